The van der Waals surface area contributed by atoms with Gasteiger partial charge in [0, 0.05) is 18.0 Å². The molecule has 0 aliphatic carbocycles. The van der Waals surface area contributed by atoms with Crippen LogP contribution in [-0.4, -0.2) is 39.9 Å². The lowest BCUT2D eigenvalue weighted by Gasteiger charge is -2.29. The fourth-order valence-corrected chi connectivity index (χ4v) is 3.62. The Kier molecular flexibility index (Phi) is 4.21. The molecule has 3 nitrogen and oxygen atoms in total. The molecule has 1 aliphatic rings. The van der Waals surface area contributed by atoms with Gasteiger partial charge >= 0.3 is 0 Å². The molecule has 1 amide bonds. The quantitative estimate of drug-likeness (QED) is 0.919. The highest BCUT2D eigenvalue weighted by atomic mass is 32.2. The van der Waals surface area contributed by atoms with E-state index in [1.54, 1.807) is 30.5 Å². The predicted molar refractivity (Wildman–Crippen MR) is 78.3 cm³/mol. The normalized spacial score (nSPS) is 18.2. The van der Waals surface area contributed by atoms with Crippen LogP contribution in [0.1, 0.15) is 26.3 Å². The first kappa shape index (κ1) is 14.4. The van der Waals surface area contributed by atoms with E-state index in [2.05, 4.69) is 12.1 Å². The molecule has 0 spiro atoms. The highest BCUT2D eigenvalue weighted by Crippen LogP contribution is 2.37. The van der Waals surface area contributed by atoms with Crippen molar-refractivity contribution >= 4 is 17.7 Å². The monoisotopic (exact) mass is 279 g/mol. The number of fused-ring (bicyclic) bond motifs is 1. The van der Waals surface area contributed by atoms with E-state index < -0.39 is 5.60 Å². The number of nitrogens with zero attached hydrogens (tertiary/aromatic N) is 1. The molecule has 4 heteroatoms. The van der Waals surface area contributed by atoms with E-state index in [1.807, 2.05) is 19.1 Å². The Morgan fingerprint density at radius 2 is 2.16 bits per heavy atom. The third kappa shape index (κ3) is 3.51. The van der Waals surface area contributed by atoms with Crippen molar-refractivity contribution in [2.75, 3.05) is 13.1 Å². The summed E-state index contributed by atoms with van der Waals surface area (Å²) in [6.07, 6.45) is 0.794. The van der Waals surface area contributed by atoms with Gasteiger partial charge in [-0.1, -0.05) is 18.2 Å². The van der Waals surface area contributed by atoms with Gasteiger partial charge < -0.3 is 10.0 Å². The first-order valence-electron chi connectivity index (χ1n) is 6.66. The average molecular weight is 279 g/mol. The minimum absolute atomic E-state index is 0.0419. The number of likely N-dealkylation sites (N-methyl/N-ethyl adjacent to an activating group) is 1. The first-order valence-corrected chi connectivity index (χ1v) is 7.54. The molecule has 0 saturated carbocycles. The van der Waals surface area contributed by atoms with Crippen LogP contribution in [0.2, 0.25) is 0 Å². The van der Waals surface area contributed by atoms with Gasteiger partial charge in [0.05, 0.1) is 10.9 Å². The van der Waals surface area contributed by atoms with Crippen LogP contribution in [0.3, 0.4) is 0 Å². The number of rotatable bonds is 4. The predicted octanol–water partition coefficient (Wildman–Crippen LogP) is 2.32. The molecule has 0 fully saturated rings. The molecular formula is C15H21NO2S. The van der Waals surface area contributed by atoms with E-state index in [0.29, 0.717) is 13.1 Å². The van der Waals surface area contributed by atoms with Crippen molar-refractivity contribution in [2.45, 2.75) is 42.9 Å². The molecule has 0 aromatic heterocycles. The van der Waals surface area contributed by atoms with Crippen LogP contribution in [-0.2, 0) is 11.2 Å². The summed E-state index contributed by atoms with van der Waals surface area (Å²) in [7, 11) is 0. The standard InChI is InChI=1S/C15H21NO2S/c1-4-16(10-15(2,3)18)14(17)13-9-11-7-5-6-8-12(11)19-13/h5-8,13,18H,4,9-10H2,1-3H3. The fraction of sp³-hybridized carbons (Fsp3) is 0.533. The van der Waals surface area contributed by atoms with Gasteiger partial charge in [0.25, 0.3) is 0 Å². The zero-order valence-corrected chi connectivity index (χ0v) is 12.5. The number of aliphatic hydroxyl groups is 1. The Morgan fingerprint density at radius 1 is 1.47 bits per heavy atom. The Labute approximate surface area is 119 Å². The van der Waals surface area contributed by atoms with Crippen molar-refractivity contribution in [3.8, 4) is 0 Å². The Bertz CT molecular complexity index is 442. The van der Waals surface area contributed by atoms with Crippen LogP contribution >= 0.6 is 11.8 Å². The second-order valence-electron chi connectivity index (χ2n) is 5.58. The van der Waals surface area contributed by atoms with Gasteiger partial charge in [0.2, 0.25) is 5.91 Å². The summed E-state index contributed by atoms with van der Waals surface area (Å²) in [6, 6.07) is 8.18. The van der Waals surface area contributed by atoms with Crippen molar-refractivity contribution in [2.24, 2.45) is 0 Å². The second kappa shape index (κ2) is 5.55. The van der Waals surface area contributed by atoms with Crippen molar-refractivity contribution in [3.05, 3.63) is 29.8 Å². The minimum Gasteiger partial charge on any atom is -0.389 e. The number of thioether (sulfide) groups is 1. The lowest BCUT2D eigenvalue weighted by Crippen LogP contribution is -2.45. The molecule has 2 rings (SSSR count). The maximum Gasteiger partial charge on any atom is 0.236 e. The van der Waals surface area contributed by atoms with E-state index in [9.17, 15) is 9.90 Å². The van der Waals surface area contributed by atoms with Crippen LogP contribution < -0.4 is 0 Å². The topological polar surface area (TPSA) is 40.5 Å². The van der Waals surface area contributed by atoms with Gasteiger partial charge in [-0.2, -0.15) is 0 Å². The lowest BCUT2D eigenvalue weighted by atomic mass is 10.1. The van der Waals surface area contributed by atoms with E-state index in [-0.39, 0.29) is 11.2 Å². The fourth-order valence-electron chi connectivity index (χ4n) is 2.34. The molecule has 1 unspecified atom stereocenters. The van der Waals surface area contributed by atoms with E-state index in [0.717, 1.165) is 6.42 Å². The molecule has 0 saturated heterocycles. The van der Waals surface area contributed by atoms with Gasteiger partial charge in [0.1, 0.15) is 0 Å². The van der Waals surface area contributed by atoms with Crippen LogP contribution in [0.4, 0.5) is 0 Å². The van der Waals surface area contributed by atoms with Crippen LogP contribution in [0, 0.1) is 0 Å². The van der Waals surface area contributed by atoms with Gasteiger partial charge in [0.15, 0.2) is 0 Å². The molecule has 0 radical (unpaired) electrons. The third-order valence-corrected chi connectivity index (χ3v) is 4.50. The van der Waals surface area contributed by atoms with Crippen molar-refractivity contribution in [1.29, 1.82) is 0 Å². The molecule has 1 aromatic carbocycles. The summed E-state index contributed by atoms with van der Waals surface area (Å²) in [6.45, 7) is 6.45. The van der Waals surface area contributed by atoms with Gasteiger partial charge in [-0.15, -0.1) is 11.8 Å². The van der Waals surface area contributed by atoms with Crippen molar-refractivity contribution in [3.63, 3.8) is 0 Å². The number of benzene rings is 1. The number of carbonyl (C=O) groups excluding carboxylic acids is 1. The Morgan fingerprint density at radius 3 is 2.74 bits per heavy atom. The molecule has 1 N–H and O–H groups in total. The summed E-state index contributed by atoms with van der Waals surface area (Å²) in [5.74, 6) is 0.130. The molecular weight excluding hydrogens is 258 g/mol. The summed E-state index contributed by atoms with van der Waals surface area (Å²) in [4.78, 5) is 15.5. The molecule has 104 valence electrons. The summed E-state index contributed by atoms with van der Waals surface area (Å²) in [5.41, 5.74) is 0.409. The van der Waals surface area contributed by atoms with Crippen LogP contribution in [0.15, 0.2) is 29.2 Å². The smallest absolute Gasteiger partial charge is 0.236 e. The third-order valence-electron chi connectivity index (χ3n) is 3.19. The summed E-state index contributed by atoms with van der Waals surface area (Å²) < 4.78 is 0. The summed E-state index contributed by atoms with van der Waals surface area (Å²) in [5, 5.41) is 9.84. The minimum atomic E-state index is -0.845. The maximum atomic E-state index is 12.5. The molecule has 1 aliphatic heterocycles. The highest BCUT2D eigenvalue weighted by molar-refractivity contribution is 8.01. The zero-order chi connectivity index (χ0) is 14.0. The molecule has 1 heterocycles. The first-order chi connectivity index (χ1) is 8.90. The van der Waals surface area contributed by atoms with Gasteiger partial charge in [-0.05, 0) is 38.8 Å². The van der Waals surface area contributed by atoms with Crippen LogP contribution in [0.5, 0.6) is 0 Å². The number of amides is 1. The van der Waals surface area contributed by atoms with Gasteiger partial charge in [-0.25, -0.2) is 0 Å². The largest absolute Gasteiger partial charge is 0.389 e. The SMILES string of the molecule is CCN(CC(C)(C)O)C(=O)C1Cc2ccccc2S1. The van der Waals surface area contributed by atoms with E-state index in [1.165, 1.54) is 10.5 Å². The zero-order valence-electron chi connectivity index (χ0n) is 11.7. The number of carbonyl (C=O) groups is 1. The Balaban J connectivity index is 2.05. The Hall–Kier alpha value is -1.00. The second-order valence-corrected chi connectivity index (χ2v) is 6.83. The number of hydrogen-bond donors (Lipinski definition) is 1. The molecule has 19 heavy (non-hydrogen) atoms. The molecule has 1 aromatic rings. The van der Waals surface area contributed by atoms with Crippen LogP contribution in [0.25, 0.3) is 0 Å². The van der Waals surface area contributed by atoms with Crippen molar-refractivity contribution in [1.82, 2.24) is 4.90 Å². The molecule has 0 bridgehead atoms. The average Bonchev–Trinajstić information content (AvgIpc) is 2.77. The van der Waals surface area contributed by atoms with E-state index in [4.69, 9.17) is 0 Å². The highest BCUT2D eigenvalue weighted by Gasteiger charge is 2.32. The number of hydrogen-bond acceptors (Lipinski definition) is 3. The van der Waals surface area contributed by atoms with Gasteiger partial charge in [-0.3, -0.25) is 4.79 Å². The van der Waals surface area contributed by atoms with E-state index >= 15 is 0 Å². The molecule has 1 atom stereocenters. The van der Waals surface area contributed by atoms with Crippen molar-refractivity contribution < 1.29 is 9.90 Å². The lowest BCUT2D eigenvalue weighted by molar-refractivity contribution is -0.133. The summed E-state index contributed by atoms with van der Waals surface area (Å²) >= 11 is 1.64. The maximum absolute atomic E-state index is 12.5.